The molecule has 1 saturated heterocycles. The highest BCUT2D eigenvalue weighted by Gasteiger charge is 2.36. The summed E-state index contributed by atoms with van der Waals surface area (Å²) in [6.45, 7) is 3.12. The molecule has 5 heteroatoms. The Kier molecular flexibility index (Phi) is 6.08. The summed E-state index contributed by atoms with van der Waals surface area (Å²) in [7, 11) is 1.69. The molecule has 4 nitrogen and oxygen atoms in total. The highest BCUT2D eigenvalue weighted by Crippen LogP contribution is 2.28. The fraction of sp³-hybridized carbons (Fsp3) is 0.562. The van der Waals surface area contributed by atoms with E-state index in [4.69, 9.17) is 4.74 Å². The van der Waals surface area contributed by atoms with Crippen LogP contribution in [0.3, 0.4) is 0 Å². The Morgan fingerprint density at radius 1 is 1.43 bits per heavy atom. The van der Waals surface area contributed by atoms with Gasteiger partial charge in [-0.2, -0.15) is 0 Å². The lowest BCUT2D eigenvalue weighted by molar-refractivity contribution is -0.131. The van der Waals surface area contributed by atoms with Crippen molar-refractivity contribution in [2.75, 3.05) is 26.5 Å². The van der Waals surface area contributed by atoms with Gasteiger partial charge in [0, 0.05) is 12.0 Å². The average molecular weight is 308 g/mol. The average Bonchev–Trinajstić information content (AvgIpc) is 2.89. The quantitative estimate of drug-likeness (QED) is 0.786. The third-order valence-corrected chi connectivity index (χ3v) is 4.56. The largest absolute Gasteiger partial charge is 0.383 e. The highest BCUT2D eigenvalue weighted by atomic mass is 32.2. The van der Waals surface area contributed by atoms with Crippen molar-refractivity contribution < 1.29 is 9.53 Å². The zero-order valence-corrected chi connectivity index (χ0v) is 13.8. The SMILES string of the molecule is CCCC(COC)N1C(=O)CNC1c1ccc(SC)cc1. The van der Waals surface area contributed by atoms with Gasteiger partial charge in [-0.05, 0) is 30.4 Å². The summed E-state index contributed by atoms with van der Waals surface area (Å²) in [4.78, 5) is 15.5. The molecule has 2 unspecified atom stereocenters. The lowest BCUT2D eigenvalue weighted by Crippen LogP contribution is -2.42. The zero-order chi connectivity index (χ0) is 15.2. The molecule has 0 spiro atoms. The van der Waals surface area contributed by atoms with Crippen LogP contribution in [0, 0.1) is 0 Å². The van der Waals surface area contributed by atoms with Crippen molar-refractivity contribution in [3.63, 3.8) is 0 Å². The van der Waals surface area contributed by atoms with Gasteiger partial charge in [0.2, 0.25) is 5.91 Å². The number of hydrogen-bond donors (Lipinski definition) is 1. The standard InChI is InChI=1S/C16H24N2O2S/c1-4-5-13(11-20-2)18-15(19)10-17-16(18)12-6-8-14(21-3)9-7-12/h6-9,13,16-17H,4-5,10-11H2,1-3H3. The number of thioether (sulfide) groups is 1. The maximum absolute atomic E-state index is 12.3. The normalized spacial score (nSPS) is 20.0. The molecule has 1 N–H and O–H groups in total. The molecule has 1 aliphatic rings. The fourth-order valence-electron chi connectivity index (χ4n) is 2.83. The summed E-state index contributed by atoms with van der Waals surface area (Å²) >= 11 is 1.72. The van der Waals surface area contributed by atoms with E-state index in [1.807, 2.05) is 4.90 Å². The van der Waals surface area contributed by atoms with Gasteiger partial charge in [0.1, 0.15) is 6.17 Å². The van der Waals surface area contributed by atoms with Crippen LogP contribution >= 0.6 is 11.8 Å². The molecule has 0 saturated carbocycles. The summed E-state index contributed by atoms with van der Waals surface area (Å²) in [5.41, 5.74) is 1.14. The molecule has 0 aromatic heterocycles. The number of carbonyl (C=O) groups excluding carboxylic acids is 1. The molecule has 1 aromatic rings. The Labute approximate surface area is 131 Å². The minimum atomic E-state index is -0.0416. The minimum Gasteiger partial charge on any atom is -0.383 e. The zero-order valence-electron chi connectivity index (χ0n) is 13.0. The summed E-state index contributed by atoms with van der Waals surface area (Å²) in [5, 5.41) is 3.32. The molecular weight excluding hydrogens is 284 g/mol. The molecule has 0 bridgehead atoms. The first-order valence-electron chi connectivity index (χ1n) is 7.38. The maximum Gasteiger partial charge on any atom is 0.238 e. The molecule has 1 aromatic carbocycles. The molecular formula is C16H24N2O2S. The first-order valence-corrected chi connectivity index (χ1v) is 8.61. The van der Waals surface area contributed by atoms with Crippen LogP contribution in [0.1, 0.15) is 31.5 Å². The summed E-state index contributed by atoms with van der Waals surface area (Å²) in [5.74, 6) is 0.157. The number of nitrogens with one attached hydrogen (secondary N) is 1. The first-order chi connectivity index (χ1) is 10.2. The molecule has 1 aliphatic heterocycles. The topological polar surface area (TPSA) is 41.6 Å². The van der Waals surface area contributed by atoms with Crippen LogP contribution in [0.2, 0.25) is 0 Å². The van der Waals surface area contributed by atoms with Gasteiger partial charge in [0.05, 0.1) is 19.2 Å². The van der Waals surface area contributed by atoms with Crippen molar-refractivity contribution in [1.29, 1.82) is 0 Å². The van der Waals surface area contributed by atoms with E-state index in [0.717, 1.165) is 18.4 Å². The number of hydrogen-bond acceptors (Lipinski definition) is 4. The minimum absolute atomic E-state index is 0.0416. The second-order valence-corrected chi connectivity index (χ2v) is 6.14. The number of methoxy groups -OCH3 is 1. The van der Waals surface area contributed by atoms with Crippen LogP contribution in [0.25, 0.3) is 0 Å². The number of benzene rings is 1. The van der Waals surface area contributed by atoms with Crippen LogP contribution in [0.5, 0.6) is 0 Å². The van der Waals surface area contributed by atoms with Crippen molar-refractivity contribution in [3.8, 4) is 0 Å². The summed E-state index contributed by atoms with van der Waals surface area (Å²) < 4.78 is 5.31. The van der Waals surface area contributed by atoms with Gasteiger partial charge >= 0.3 is 0 Å². The Morgan fingerprint density at radius 2 is 2.14 bits per heavy atom. The molecule has 1 heterocycles. The molecule has 0 radical (unpaired) electrons. The van der Waals surface area contributed by atoms with Crippen molar-refractivity contribution in [2.45, 2.75) is 36.9 Å². The van der Waals surface area contributed by atoms with Crippen LogP contribution < -0.4 is 5.32 Å². The molecule has 1 amide bonds. The first kappa shape index (κ1) is 16.3. The van der Waals surface area contributed by atoms with E-state index in [2.05, 4.69) is 42.8 Å². The van der Waals surface area contributed by atoms with Crippen LogP contribution in [0.4, 0.5) is 0 Å². The third-order valence-electron chi connectivity index (χ3n) is 3.82. The smallest absolute Gasteiger partial charge is 0.238 e. The lowest BCUT2D eigenvalue weighted by atomic mass is 10.1. The molecule has 116 valence electrons. The number of amides is 1. The Bertz CT molecular complexity index is 458. The predicted octanol–water partition coefficient (Wildman–Crippen LogP) is 2.65. The van der Waals surface area contributed by atoms with Gasteiger partial charge in [0.25, 0.3) is 0 Å². The van der Waals surface area contributed by atoms with Gasteiger partial charge in [-0.15, -0.1) is 11.8 Å². The van der Waals surface area contributed by atoms with Gasteiger partial charge < -0.3 is 9.64 Å². The van der Waals surface area contributed by atoms with Crippen molar-refractivity contribution in [1.82, 2.24) is 10.2 Å². The number of ether oxygens (including phenoxy) is 1. The predicted molar refractivity (Wildman–Crippen MR) is 86.4 cm³/mol. The van der Waals surface area contributed by atoms with E-state index in [1.165, 1.54) is 4.90 Å². The van der Waals surface area contributed by atoms with Gasteiger partial charge in [0.15, 0.2) is 0 Å². The number of nitrogens with zero attached hydrogens (tertiary/aromatic N) is 1. The molecule has 1 fully saturated rings. The second kappa shape index (κ2) is 7.82. The van der Waals surface area contributed by atoms with Crippen molar-refractivity contribution >= 4 is 17.7 Å². The van der Waals surface area contributed by atoms with E-state index < -0.39 is 0 Å². The monoisotopic (exact) mass is 308 g/mol. The van der Waals surface area contributed by atoms with Crippen LogP contribution in [0.15, 0.2) is 29.2 Å². The van der Waals surface area contributed by atoms with E-state index in [-0.39, 0.29) is 18.1 Å². The molecule has 0 aliphatic carbocycles. The third kappa shape index (κ3) is 3.78. The molecule has 2 atom stereocenters. The fourth-order valence-corrected chi connectivity index (χ4v) is 3.23. The lowest BCUT2D eigenvalue weighted by Gasteiger charge is -2.32. The maximum atomic E-state index is 12.3. The highest BCUT2D eigenvalue weighted by molar-refractivity contribution is 7.98. The Hall–Kier alpha value is -1.04. The van der Waals surface area contributed by atoms with Crippen LogP contribution in [-0.4, -0.2) is 43.4 Å². The van der Waals surface area contributed by atoms with E-state index in [9.17, 15) is 4.79 Å². The Morgan fingerprint density at radius 3 is 2.71 bits per heavy atom. The van der Waals surface area contributed by atoms with E-state index in [1.54, 1.807) is 18.9 Å². The Balaban J connectivity index is 2.21. The molecule has 2 rings (SSSR count). The van der Waals surface area contributed by atoms with Gasteiger partial charge in [-0.1, -0.05) is 25.5 Å². The number of rotatable bonds is 7. The number of carbonyl (C=O) groups is 1. The van der Waals surface area contributed by atoms with Gasteiger partial charge in [-0.25, -0.2) is 0 Å². The van der Waals surface area contributed by atoms with Crippen molar-refractivity contribution in [3.05, 3.63) is 29.8 Å². The summed E-state index contributed by atoms with van der Waals surface area (Å²) in [6, 6.07) is 8.55. The van der Waals surface area contributed by atoms with E-state index in [0.29, 0.717) is 13.2 Å². The van der Waals surface area contributed by atoms with Crippen molar-refractivity contribution in [2.24, 2.45) is 0 Å². The van der Waals surface area contributed by atoms with Gasteiger partial charge in [-0.3, -0.25) is 10.1 Å². The van der Waals surface area contributed by atoms with E-state index >= 15 is 0 Å². The summed E-state index contributed by atoms with van der Waals surface area (Å²) in [6.07, 6.45) is 4.02. The van der Waals surface area contributed by atoms with Crippen LogP contribution in [-0.2, 0) is 9.53 Å². The molecule has 21 heavy (non-hydrogen) atoms. The second-order valence-electron chi connectivity index (χ2n) is 5.26.